The van der Waals surface area contributed by atoms with Crippen LogP contribution < -0.4 is 4.74 Å². The Bertz CT molecular complexity index is 686. The molecule has 0 aliphatic carbocycles. The molecule has 5 heteroatoms. The van der Waals surface area contributed by atoms with Crippen LogP contribution in [0.15, 0.2) is 59.5 Å². The number of rotatable bonds is 11. The van der Waals surface area contributed by atoms with Crippen molar-refractivity contribution in [3.05, 3.63) is 60.2 Å². The van der Waals surface area contributed by atoms with Crippen molar-refractivity contribution in [2.75, 3.05) is 12.4 Å². The minimum absolute atomic E-state index is 0.293. The number of thioether (sulfide) groups is 1. The first-order valence-electron chi connectivity index (χ1n) is 9.41. The van der Waals surface area contributed by atoms with Gasteiger partial charge in [0.15, 0.2) is 0 Å². The second kappa shape index (κ2) is 11.0. The van der Waals surface area contributed by atoms with Crippen molar-refractivity contribution in [3.63, 3.8) is 0 Å². The molecule has 0 spiro atoms. The SMILES string of the molecule is CCOC(=N)C(C)(O)Oc1ccc(SCCCCCc2ccccc2)cc1. The van der Waals surface area contributed by atoms with Gasteiger partial charge in [0.25, 0.3) is 11.7 Å². The number of aliphatic hydroxyl groups is 1. The summed E-state index contributed by atoms with van der Waals surface area (Å²) in [5, 5.41) is 17.8. The van der Waals surface area contributed by atoms with E-state index in [4.69, 9.17) is 14.9 Å². The third kappa shape index (κ3) is 7.65. The van der Waals surface area contributed by atoms with Gasteiger partial charge in [0, 0.05) is 11.8 Å². The van der Waals surface area contributed by atoms with Gasteiger partial charge in [-0.1, -0.05) is 36.8 Å². The second-order valence-electron chi connectivity index (χ2n) is 6.46. The molecule has 2 aromatic rings. The molecule has 0 aromatic heterocycles. The topological polar surface area (TPSA) is 62.5 Å². The highest BCUT2D eigenvalue weighted by molar-refractivity contribution is 7.99. The van der Waals surface area contributed by atoms with Crippen LogP contribution in [0.4, 0.5) is 0 Å². The van der Waals surface area contributed by atoms with Gasteiger partial charge in [0.05, 0.1) is 6.61 Å². The first-order chi connectivity index (χ1) is 13.0. The van der Waals surface area contributed by atoms with Crippen molar-refractivity contribution in [1.29, 1.82) is 5.41 Å². The molecule has 2 rings (SSSR count). The van der Waals surface area contributed by atoms with Crippen molar-refractivity contribution < 1.29 is 14.6 Å². The third-order valence-corrected chi connectivity index (χ3v) is 5.17. The molecule has 27 heavy (non-hydrogen) atoms. The lowest BCUT2D eigenvalue weighted by Crippen LogP contribution is -2.42. The van der Waals surface area contributed by atoms with E-state index >= 15 is 0 Å². The number of ether oxygens (including phenoxy) is 2. The summed E-state index contributed by atoms with van der Waals surface area (Å²) in [7, 11) is 0. The fraction of sp³-hybridized carbons (Fsp3) is 0.409. The Kier molecular flexibility index (Phi) is 8.69. The maximum atomic E-state index is 10.2. The molecule has 0 saturated heterocycles. The Morgan fingerprint density at radius 2 is 1.74 bits per heavy atom. The van der Waals surface area contributed by atoms with Gasteiger partial charge in [-0.25, -0.2) is 0 Å². The fourth-order valence-corrected chi connectivity index (χ4v) is 3.51. The molecular weight excluding hydrogens is 358 g/mol. The van der Waals surface area contributed by atoms with Crippen LogP contribution in [0.1, 0.15) is 38.7 Å². The summed E-state index contributed by atoms with van der Waals surface area (Å²) in [6, 6.07) is 18.2. The predicted molar refractivity (Wildman–Crippen MR) is 112 cm³/mol. The lowest BCUT2D eigenvalue weighted by atomic mass is 10.1. The predicted octanol–water partition coefficient (Wildman–Crippen LogP) is 5.29. The molecule has 2 N–H and O–H groups in total. The zero-order valence-corrected chi connectivity index (χ0v) is 16.9. The molecule has 0 heterocycles. The number of unbranched alkanes of at least 4 members (excludes halogenated alkanes) is 2. The van der Waals surface area contributed by atoms with Gasteiger partial charge < -0.3 is 14.6 Å². The van der Waals surface area contributed by atoms with Gasteiger partial charge in [-0.3, -0.25) is 5.41 Å². The van der Waals surface area contributed by atoms with E-state index < -0.39 is 5.79 Å². The van der Waals surface area contributed by atoms with Crippen molar-refractivity contribution >= 4 is 17.7 Å². The molecule has 0 aliphatic rings. The normalized spacial score (nSPS) is 13.0. The van der Waals surface area contributed by atoms with Crippen LogP contribution in [0, 0.1) is 5.41 Å². The molecule has 1 unspecified atom stereocenters. The molecule has 0 aliphatic heterocycles. The number of hydrogen-bond donors (Lipinski definition) is 2. The van der Waals surface area contributed by atoms with E-state index in [2.05, 4.69) is 30.3 Å². The summed E-state index contributed by atoms with van der Waals surface area (Å²) in [5.41, 5.74) is 1.41. The van der Waals surface area contributed by atoms with Crippen LogP contribution in [0.25, 0.3) is 0 Å². The number of nitrogens with one attached hydrogen (secondary N) is 1. The Hall–Kier alpha value is -1.98. The Morgan fingerprint density at radius 3 is 2.41 bits per heavy atom. The van der Waals surface area contributed by atoms with Gasteiger partial charge in [-0.2, -0.15) is 0 Å². The van der Waals surface area contributed by atoms with E-state index in [1.807, 2.05) is 36.0 Å². The Balaban J connectivity index is 1.67. The maximum absolute atomic E-state index is 10.2. The fourth-order valence-electron chi connectivity index (χ4n) is 2.60. The number of hydrogen-bond acceptors (Lipinski definition) is 5. The van der Waals surface area contributed by atoms with Crippen molar-refractivity contribution in [2.45, 2.75) is 50.2 Å². The summed E-state index contributed by atoms with van der Waals surface area (Å²) in [5.74, 6) is -0.457. The molecule has 0 saturated carbocycles. The van der Waals surface area contributed by atoms with Crippen molar-refractivity contribution in [3.8, 4) is 5.75 Å². The second-order valence-corrected chi connectivity index (χ2v) is 7.63. The lowest BCUT2D eigenvalue weighted by molar-refractivity contribution is -0.0767. The number of aryl methyl sites for hydroxylation is 1. The third-order valence-electron chi connectivity index (χ3n) is 4.07. The summed E-state index contributed by atoms with van der Waals surface area (Å²) >= 11 is 1.82. The lowest BCUT2D eigenvalue weighted by Gasteiger charge is -2.24. The van der Waals surface area contributed by atoms with Crippen LogP contribution in [-0.2, 0) is 11.2 Å². The van der Waals surface area contributed by atoms with Crippen LogP contribution in [0.3, 0.4) is 0 Å². The molecule has 2 aromatic carbocycles. The van der Waals surface area contributed by atoms with E-state index in [0.717, 1.165) is 12.2 Å². The molecule has 4 nitrogen and oxygen atoms in total. The quantitative estimate of drug-likeness (QED) is 0.181. The standard InChI is InChI=1S/C22H29NO3S/c1-3-25-21(23)22(2,24)26-19-13-15-20(16-14-19)27-17-9-5-8-12-18-10-6-4-7-11-18/h4,6-7,10-11,13-16,23-24H,3,5,8-9,12,17H2,1-2H3. The minimum atomic E-state index is -1.76. The zero-order chi connectivity index (χ0) is 19.5. The van der Waals surface area contributed by atoms with Gasteiger partial charge >= 0.3 is 0 Å². The van der Waals surface area contributed by atoms with Crippen LogP contribution >= 0.6 is 11.8 Å². The van der Waals surface area contributed by atoms with Crippen LogP contribution in [0.5, 0.6) is 5.75 Å². The monoisotopic (exact) mass is 387 g/mol. The highest BCUT2D eigenvalue weighted by Gasteiger charge is 2.30. The summed E-state index contributed by atoms with van der Waals surface area (Å²) in [6.45, 7) is 3.49. The molecule has 146 valence electrons. The van der Waals surface area contributed by atoms with Crippen molar-refractivity contribution in [1.82, 2.24) is 0 Å². The summed E-state index contributed by atoms with van der Waals surface area (Å²) in [6.07, 6.45) is 4.79. The smallest absolute Gasteiger partial charge is 0.282 e. The minimum Gasteiger partial charge on any atom is -0.477 e. The summed E-state index contributed by atoms with van der Waals surface area (Å²) < 4.78 is 10.5. The van der Waals surface area contributed by atoms with Gasteiger partial charge in [0.1, 0.15) is 5.75 Å². The van der Waals surface area contributed by atoms with E-state index in [1.165, 1.54) is 36.6 Å². The zero-order valence-electron chi connectivity index (χ0n) is 16.1. The Labute approximate surface area is 166 Å². The van der Waals surface area contributed by atoms with Crippen LogP contribution in [0.2, 0.25) is 0 Å². The number of benzene rings is 2. The molecule has 0 fully saturated rings. The first kappa shape index (κ1) is 21.3. The molecular formula is C22H29NO3S. The average Bonchev–Trinajstić information content (AvgIpc) is 2.66. The molecule has 0 radical (unpaired) electrons. The van der Waals surface area contributed by atoms with Gasteiger partial charge in [-0.05, 0) is 61.8 Å². The van der Waals surface area contributed by atoms with E-state index in [-0.39, 0.29) is 5.90 Å². The molecule has 0 amide bonds. The molecule has 0 bridgehead atoms. The maximum Gasteiger partial charge on any atom is 0.282 e. The van der Waals surface area contributed by atoms with E-state index in [1.54, 1.807) is 6.92 Å². The average molecular weight is 388 g/mol. The Morgan fingerprint density at radius 1 is 1.04 bits per heavy atom. The summed E-state index contributed by atoms with van der Waals surface area (Å²) in [4.78, 5) is 1.17. The van der Waals surface area contributed by atoms with Crippen LogP contribution in [-0.4, -0.2) is 29.2 Å². The molecule has 1 atom stereocenters. The highest BCUT2D eigenvalue weighted by atomic mass is 32.2. The van der Waals surface area contributed by atoms with Crippen molar-refractivity contribution in [2.24, 2.45) is 0 Å². The largest absolute Gasteiger partial charge is 0.477 e. The highest BCUT2D eigenvalue weighted by Crippen LogP contribution is 2.25. The van der Waals surface area contributed by atoms with E-state index in [9.17, 15) is 5.11 Å². The van der Waals surface area contributed by atoms with Gasteiger partial charge in [-0.15, -0.1) is 11.8 Å². The van der Waals surface area contributed by atoms with E-state index in [0.29, 0.717) is 12.4 Å². The first-order valence-corrected chi connectivity index (χ1v) is 10.4. The van der Waals surface area contributed by atoms with Gasteiger partial charge in [0.2, 0.25) is 0 Å².